The summed E-state index contributed by atoms with van der Waals surface area (Å²) in [5.74, 6) is 0.591. The Balaban J connectivity index is 1.71. The van der Waals surface area contributed by atoms with Gasteiger partial charge in [0.1, 0.15) is 5.56 Å². The van der Waals surface area contributed by atoms with E-state index in [1.807, 2.05) is 17.6 Å². The van der Waals surface area contributed by atoms with Crippen LogP contribution in [0, 0.1) is 18.8 Å². The van der Waals surface area contributed by atoms with Gasteiger partial charge < -0.3 is 19.8 Å². The van der Waals surface area contributed by atoms with Crippen molar-refractivity contribution in [2.45, 2.75) is 53.2 Å². The molecule has 0 saturated carbocycles. The second kappa shape index (κ2) is 9.19. The number of amides is 1. The number of piperidine rings is 1. The number of rotatable bonds is 7. The van der Waals surface area contributed by atoms with E-state index in [0.29, 0.717) is 30.5 Å². The average Bonchev–Trinajstić information content (AvgIpc) is 3.09. The van der Waals surface area contributed by atoms with Crippen molar-refractivity contribution in [2.75, 3.05) is 13.1 Å². The molecule has 0 bridgehead atoms. The number of imidazole rings is 1. The van der Waals surface area contributed by atoms with Gasteiger partial charge in [-0.05, 0) is 56.3 Å². The number of hydrogen-bond acceptors (Lipinski definition) is 4. The molecule has 0 aromatic carbocycles. The Hall–Kier alpha value is -2.41. The maximum absolute atomic E-state index is 12.9. The fourth-order valence-electron chi connectivity index (χ4n) is 3.76. The van der Waals surface area contributed by atoms with Crippen LogP contribution in [0.15, 0.2) is 29.6 Å². The van der Waals surface area contributed by atoms with Crippen molar-refractivity contribution in [2.24, 2.45) is 11.8 Å². The number of nitrogens with one attached hydrogen (secondary N) is 2. The summed E-state index contributed by atoms with van der Waals surface area (Å²) >= 11 is 0. The Labute approximate surface area is 166 Å². The third-order valence-corrected chi connectivity index (χ3v) is 5.24. The average molecular weight is 386 g/mol. The molecule has 3 rings (SSSR count). The second-order valence-corrected chi connectivity index (χ2v) is 8.16. The highest BCUT2D eigenvalue weighted by Crippen LogP contribution is 2.12. The number of aryl methyl sites for hydroxylation is 1. The first-order valence-electron chi connectivity index (χ1n) is 10.1. The molecule has 0 radical (unpaired) electrons. The number of hydrogen-bond donors (Lipinski definition) is 2. The lowest BCUT2D eigenvalue weighted by Gasteiger charge is -2.23. The van der Waals surface area contributed by atoms with E-state index in [2.05, 4.69) is 29.5 Å². The van der Waals surface area contributed by atoms with Crippen LogP contribution in [0.2, 0.25) is 0 Å². The number of carbonyl (C=O) groups is 1. The van der Waals surface area contributed by atoms with Crippen LogP contribution in [0.5, 0.6) is 0 Å². The molecule has 1 unspecified atom stereocenters. The molecule has 2 aromatic rings. The Bertz CT molecular complexity index is 862. The summed E-state index contributed by atoms with van der Waals surface area (Å²) in [4.78, 5) is 29.9. The number of nitrogens with zero attached hydrogens (tertiary/aromatic N) is 3. The topological polar surface area (TPSA) is 81.0 Å². The highest BCUT2D eigenvalue weighted by Gasteiger charge is 2.19. The SMILES string of the molecule is Cc1ccn(CC2CCCNC2)c(=O)c1C(=O)NCc1cncn1CC(C)C. The van der Waals surface area contributed by atoms with Crippen LogP contribution < -0.4 is 16.2 Å². The largest absolute Gasteiger partial charge is 0.346 e. The third kappa shape index (κ3) is 4.90. The lowest BCUT2D eigenvalue weighted by molar-refractivity contribution is 0.0947. The maximum atomic E-state index is 12.9. The molecule has 2 N–H and O–H groups in total. The van der Waals surface area contributed by atoms with Crippen molar-refractivity contribution in [1.29, 1.82) is 0 Å². The normalized spacial score (nSPS) is 17.1. The van der Waals surface area contributed by atoms with E-state index in [9.17, 15) is 9.59 Å². The van der Waals surface area contributed by atoms with Gasteiger partial charge in [-0.2, -0.15) is 0 Å². The molecule has 1 amide bonds. The predicted octanol–water partition coefficient (Wildman–Crippen LogP) is 1.94. The molecule has 152 valence electrons. The van der Waals surface area contributed by atoms with Gasteiger partial charge in [-0.25, -0.2) is 4.98 Å². The highest BCUT2D eigenvalue weighted by atomic mass is 16.2. The monoisotopic (exact) mass is 385 g/mol. The Kier molecular flexibility index (Phi) is 6.67. The molecule has 3 heterocycles. The van der Waals surface area contributed by atoms with Gasteiger partial charge in [0.15, 0.2) is 0 Å². The van der Waals surface area contributed by atoms with Crippen LogP contribution in [0.1, 0.15) is 48.3 Å². The Morgan fingerprint density at radius 3 is 2.93 bits per heavy atom. The van der Waals surface area contributed by atoms with Crippen LogP contribution >= 0.6 is 0 Å². The molecule has 7 heteroatoms. The molecular formula is C21H31N5O2. The first kappa shape index (κ1) is 20.3. The van der Waals surface area contributed by atoms with Gasteiger partial charge in [-0.1, -0.05) is 13.8 Å². The molecule has 1 aliphatic rings. The molecule has 1 saturated heterocycles. The summed E-state index contributed by atoms with van der Waals surface area (Å²) in [5, 5.41) is 6.28. The van der Waals surface area contributed by atoms with E-state index >= 15 is 0 Å². The lowest BCUT2D eigenvalue weighted by Crippen LogP contribution is -2.38. The van der Waals surface area contributed by atoms with E-state index in [1.165, 1.54) is 0 Å². The van der Waals surface area contributed by atoms with E-state index in [4.69, 9.17) is 0 Å². The number of pyridine rings is 1. The molecular weight excluding hydrogens is 354 g/mol. The van der Waals surface area contributed by atoms with Crippen molar-refractivity contribution >= 4 is 5.91 Å². The van der Waals surface area contributed by atoms with Crippen LogP contribution in [0.4, 0.5) is 0 Å². The summed E-state index contributed by atoms with van der Waals surface area (Å²) in [5.41, 5.74) is 1.67. The zero-order valence-corrected chi connectivity index (χ0v) is 17.1. The number of aromatic nitrogens is 3. The van der Waals surface area contributed by atoms with E-state index in [0.717, 1.165) is 38.2 Å². The van der Waals surface area contributed by atoms with E-state index < -0.39 is 0 Å². The third-order valence-electron chi connectivity index (χ3n) is 5.24. The van der Waals surface area contributed by atoms with Gasteiger partial charge in [0.2, 0.25) is 0 Å². The van der Waals surface area contributed by atoms with Gasteiger partial charge in [-0.3, -0.25) is 9.59 Å². The minimum absolute atomic E-state index is 0.209. The van der Waals surface area contributed by atoms with Crippen LogP contribution in [-0.4, -0.2) is 33.1 Å². The van der Waals surface area contributed by atoms with Crippen molar-refractivity contribution in [3.63, 3.8) is 0 Å². The molecule has 1 aliphatic heterocycles. The predicted molar refractivity (Wildman–Crippen MR) is 109 cm³/mol. The highest BCUT2D eigenvalue weighted by molar-refractivity contribution is 5.95. The van der Waals surface area contributed by atoms with Crippen molar-refractivity contribution in [1.82, 2.24) is 24.8 Å². The van der Waals surface area contributed by atoms with Crippen LogP contribution in [-0.2, 0) is 19.6 Å². The van der Waals surface area contributed by atoms with Crippen molar-refractivity contribution in [3.05, 3.63) is 52.0 Å². The van der Waals surface area contributed by atoms with Gasteiger partial charge >= 0.3 is 0 Å². The first-order valence-corrected chi connectivity index (χ1v) is 10.1. The lowest BCUT2D eigenvalue weighted by atomic mass is 9.99. The summed E-state index contributed by atoms with van der Waals surface area (Å²) in [6, 6.07) is 1.86. The summed E-state index contributed by atoms with van der Waals surface area (Å²) in [6.45, 7) is 9.89. The first-order chi connectivity index (χ1) is 13.5. The maximum Gasteiger partial charge on any atom is 0.263 e. The quantitative estimate of drug-likeness (QED) is 0.763. The fourth-order valence-corrected chi connectivity index (χ4v) is 3.76. The molecule has 0 spiro atoms. The Morgan fingerprint density at radius 2 is 2.21 bits per heavy atom. The number of carbonyl (C=O) groups excluding carboxylic acids is 1. The summed E-state index contributed by atoms with van der Waals surface area (Å²) in [6.07, 6.45) is 7.58. The molecule has 28 heavy (non-hydrogen) atoms. The van der Waals surface area contributed by atoms with E-state index in [-0.39, 0.29) is 17.0 Å². The fraction of sp³-hybridized carbons (Fsp3) is 0.571. The minimum Gasteiger partial charge on any atom is -0.346 e. The molecule has 7 nitrogen and oxygen atoms in total. The van der Waals surface area contributed by atoms with Gasteiger partial charge in [0.05, 0.1) is 18.6 Å². The summed E-state index contributed by atoms with van der Waals surface area (Å²) < 4.78 is 3.72. The summed E-state index contributed by atoms with van der Waals surface area (Å²) in [7, 11) is 0. The second-order valence-electron chi connectivity index (χ2n) is 8.16. The molecule has 1 atom stereocenters. The minimum atomic E-state index is -0.323. The zero-order valence-electron chi connectivity index (χ0n) is 17.1. The van der Waals surface area contributed by atoms with E-state index in [1.54, 1.807) is 23.3 Å². The standard InChI is InChI=1S/C21H31N5O2/c1-15(2)12-26-14-23-10-18(26)11-24-20(27)19-16(3)6-8-25(21(19)28)13-17-5-4-7-22-9-17/h6,8,10,14-15,17,22H,4-5,7,9,11-13H2,1-3H3,(H,24,27). The molecule has 2 aromatic heterocycles. The Morgan fingerprint density at radius 1 is 1.39 bits per heavy atom. The smallest absolute Gasteiger partial charge is 0.263 e. The van der Waals surface area contributed by atoms with Crippen LogP contribution in [0.25, 0.3) is 0 Å². The van der Waals surface area contributed by atoms with Gasteiger partial charge in [0, 0.05) is 25.5 Å². The van der Waals surface area contributed by atoms with Gasteiger partial charge in [-0.15, -0.1) is 0 Å². The zero-order chi connectivity index (χ0) is 20.1. The van der Waals surface area contributed by atoms with Gasteiger partial charge in [0.25, 0.3) is 11.5 Å². The van der Waals surface area contributed by atoms with Crippen LogP contribution in [0.3, 0.4) is 0 Å². The van der Waals surface area contributed by atoms with Crippen molar-refractivity contribution < 1.29 is 4.79 Å². The molecule has 0 aliphatic carbocycles. The molecule has 1 fully saturated rings. The van der Waals surface area contributed by atoms with Crippen molar-refractivity contribution in [3.8, 4) is 0 Å².